The number of rotatable bonds is 61. The van der Waals surface area contributed by atoms with Gasteiger partial charge in [-0.05, 0) is 83.5 Å². The maximum Gasteiger partial charge on any atom is 0.305 e. The topological polar surface area (TPSA) is 95.9 Å². The molecule has 6 nitrogen and oxygen atoms in total. The molecule has 2 atom stereocenters. The molecular formula is C67H127NO5. The highest BCUT2D eigenvalue weighted by Gasteiger charge is 2.18. The van der Waals surface area contributed by atoms with Gasteiger partial charge in [0.1, 0.15) is 0 Å². The number of esters is 1. The third kappa shape index (κ3) is 59.2. The Hall–Kier alpha value is -1.92. The van der Waals surface area contributed by atoms with E-state index >= 15 is 0 Å². The van der Waals surface area contributed by atoms with E-state index < -0.39 is 12.1 Å². The summed E-state index contributed by atoms with van der Waals surface area (Å²) in [5.41, 5.74) is 0. The number of aliphatic hydroxyl groups is 2. The first-order chi connectivity index (χ1) is 36.0. The zero-order chi connectivity index (χ0) is 52.9. The molecule has 1 amide bonds. The number of unbranched alkanes of at least 4 members (excludes halogenated alkanes) is 46. The second-order valence-corrected chi connectivity index (χ2v) is 22.4. The van der Waals surface area contributed by atoms with Crippen LogP contribution >= 0.6 is 0 Å². The van der Waals surface area contributed by atoms with Crippen molar-refractivity contribution in [2.24, 2.45) is 0 Å². The molecule has 0 aromatic rings. The van der Waals surface area contributed by atoms with Crippen molar-refractivity contribution >= 4 is 11.9 Å². The lowest BCUT2D eigenvalue weighted by Gasteiger charge is -2.20. The van der Waals surface area contributed by atoms with E-state index in [1.807, 2.05) is 6.08 Å². The van der Waals surface area contributed by atoms with E-state index in [1.165, 1.54) is 263 Å². The van der Waals surface area contributed by atoms with Crippen LogP contribution in [-0.2, 0) is 14.3 Å². The Morgan fingerprint density at radius 3 is 0.973 bits per heavy atom. The van der Waals surface area contributed by atoms with Crippen LogP contribution in [0.2, 0.25) is 0 Å². The summed E-state index contributed by atoms with van der Waals surface area (Å²) < 4.78 is 5.48. The number of nitrogens with one attached hydrogen (secondary N) is 1. The van der Waals surface area contributed by atoms with Crippen molar-refractivity contribution in [1.82, 2.24) is 5.32 Å². The van der Waals surface area contributed by atoms with Gasteiger partial charge in [0.2, 0.25) is 5.91 Å². The SMILES string of the molecule is CCCCCCCCC/C=C\CCCCCCCC(=O)OCCCCCCCCCCC/C=C\CCCCCCCC(=O)NC(CO)C(O)/C=C/CCCCCCCCCCCCCCCCCCCCCC. The van der Waals surface area contributed by atoms with E-state index in [0.29, 0.717) is 19.4 Å². The smallest absolute Gasteiger partial charge is 0.305 e. The van der Waals surface area contributed by atoms with Crippen LogP contribution in [0.5, 0.6) is 0 Å². The Bertz CT molecular complexity index is 1180. The molecule has 6 heteroatoms. The fourth-order valence-corrected chi connectivity index (χ4v) is 10.1. The van der Waals surface area contributed by atoms with Gasteiger partial charge in [-0.15, -0.1) is 0 Å². The fraction of sp³-hybridized carbons (Fsp3) is 0.881. The second-order valence-electron chi connectivity index (χ2n) is 22.4. The van der Waals surface area contributed by atoms with Crippen LogP contribution < -0.4 is 5.32 Å². The molecule has 3 N–H and O–H groups in total. The summed E-state index contributed by atoms with van der Waals surface area (Å²) in [6, 6.07) is -0.640. The lowest BCUT2D eigenvalue weighted by atomic mass is 10.0. The summed E-state index contributed by atoms with van der Waals surface area (Å²) in [4.78, 5) is 24.6. The number of hydrogen-bond acceptors (Lipinski definition) is 5. The molecule has 0 fully saturated rings. The molecule has 430 valence electrons. The Kier molecular flexibility index (Phi) is 61.0. The maximum absolute atomic E-state index is 12.5. The largest absolute Gasteiger partial charge is 0.466 e. The number of carbonyl (C=O) groups is 2. The Morgan fingerprint density at radius 1 is 0.370 bits per heavy atom. The van der Waals surface area contributed by atoms with Crippen LogP contribution in [0.4, 0.5) is 0 Å². The molecule has 0 rings (SSSR count). The Morgan fingerprint density at radius 2 is 0.644 bits per heavy atom. The molecule has 0 saturated carbocycles. The second kappa shape index (κ2) is 62.6. The standard InChI is InChI=1S/C67H127NO5/c1-3-5-7-9-11-13-15-17-19-21-22-23-24-25-28-31-35-39-43-47-51-55-59-65(70)64(63-69)68-66(71)60-56-52-48-44-40-36-32-29-26-27-30-34-38-42-46-50-54-58-62-73-67(72)61-57-53-49-45-41-37-33-20-18-16-14-12-10-8-6-4-2/h20,29,32-33,55,59,64-65,69-70H,3-19,21-28,30-31,34-54,56-58,60-63H2,1-2H3,(H,68,71)/b32-29-,33-20-,59-55+. The van der Waals surface area contributed by atoms with Crippen LogP contribution in [0, 0.1) is 0 Å². The quantitative estimate of drug-likeness (QED) is 0.0320. The monoisotopic (exact) mass is 1030 g/mol. The van der Waals surface area contributed by atoms with Crippen molar-refractivity contribution in [3.8, 4) is 0 Å². The summed E-state index contributed by atoms with van der Waals surface area (Å²) in [6.45, 7) is 4.91. The van der Waals surface area contributed by atoms with Gasteiger partial charge in [-0.1, -0.05) is 294 Å². The van der Waals surface area contributed by atoms with Crippen LogP contribution in [0.1, 0.15) is 354 Å². The third-order valence-corrected chi connectivity index (χ3v) is 15.1. The maximum atomic E-state index is 12.5. The number of allylic oxidation sites excluding steroid dienone is 5. The Balaban J connectivity index is 3.48. The average Bonchev–Trinajstić information content (AvgIpc) is 3.39. The number of carbonyl (C=O) groups excluding carboxylic acids is 2. The Labute approximate surface area is 455 Å². The molecule has 0 aliphatic carbocycles. The summed E-state index contributed by atoms with van der Waals surface area (Å²) in [7, 11) is 0. The van der Waals surface area contributed by atoms with E-state index in [-0.39, 0.29) is 18.5 Å². The van der Waals surface area contributed by atoms with Gasteiger partial charge in [-0.2, -0.15) is 0 Å². The number of amides is 1. The van der Waals surface area contributed by atoms with Crippen molar-refractivity contribution in [2.45, 2.75) is 366 Å². The number of aliphatic hydroxyl groups excluding tert-OH is 2. The molecule has 0 saturated heterocycles. The van der Waals surface area contributed by atoms with Crippen molar-refractivity contribution in [2.75, 3.05) is 13.2 Å². The van der Waals surface area contributed by atoms with E-state index in [2.05, 4.69) is 43.5 Å². The molecule has 2 unspecified atom stereocenters. The predicted molar refractivity (Wildman–Crippen MR) is 319 cm³/mol. The minimum atomic E-state index is -0.855. The minimum Gasteiger partial charge on any atom is -0.466 e. The van der Waals surface area contributed by atoms with Gasteiger partial charge in [0.25, 0.3) is 0 Å². The number of ether oxygens (including phenoxy) is 1. The first kappa shape index (κ1) is 71.1. The fourth-order valence-electron chi connectivity index (χ4n) is 10.1. The number of hydrogen-bond donors (Lipinski definition) is 3. The first-order valence-electron chi connectivity index (χ1n) is 32.8. The highest BCUT2D eigenvalue weighted by atomic mass is 16.5. The van der Waals surface area contributed by atoms with Crippen LogP contribution in [0.15, 0.2) is 36.5 Å². The molecule has 0 radical (unpaired) electrons. The molecule has 0 bridgehead atoms. The van der Waals surface area contributed by atoms with Gasteiger partial charge >= 0.3 is 5.97 Å². The average molecular weight is 1030 g/mol. The van der Waals surface area contributed by atoms with E-state index in [1.54, 1.807) is 6.08 Å². The van der Waals surface area contributed by atoms with Gasteiger partial charge in [0, 0.05) is 12.8 Å². The lowest BCUT2D eigenvalue weighted by molar-refractivity contribution is -0.143. The first-order valence-corrected chi connectivity index (χ1v) is 32.8. The van der Waals surface area contributed by atoms with E-state index in [9.17, 15) is 19.8 Å². The summed E-state index contributed by atoms with van der Waals surface area (Å²) in [5.74, 6) is -0.0844. The lowest BCUT2D eigenvalue weighted by Crippen LogP contribution is -2.45. The van der Waals surface area contributed by atoms with E-state index in [4.69, 9.17) is 4.74 Å². The van der Waals surface area contributed by atoms with Crippen LogP contribution in [0.25, 0.3) is 0 Å². The van der Waals surface area contributed by atoms with Crippen molar-refractivity contribution < 1.29 is 24.5 Å². The summed E-state index contributed by atoms with van der Waals surface area (Å²) in [5, 5.41) is 23.2. The highest BCUT2D eigenvalue weighted by molar-refractivity contribution is 5.76. The molecular weight excluding hydrogens is 899 g/mol. The van der Waals surface area contributed by atoms with Gasteiger partial charge in [-0.25, -0.2) is 0 Å². The molecule has 0 aromatic heterocycles. The molecule has 0 aromatic carbocycles. The normalized spacial score (nSPS) is 12.8. The third-order valence-electron chi connectivity index (χ3n) is 15.1. The zero-order valence-corrected chi connectivity index (χ0v) is 49.1. The van der Waals surface area contributed by atoms with E-state index in [0.717, 1.165) is 64.2 Å². The molecule has 0 spiro atoms. The van der Waals surface area contributed by atoms with Gasteiger partial charge in [0.05, 0.1) is 25.4 Å². The molecule has 0 aliphatic rings. The molecule has 73 heavy (non-hydrogen) atoms. The van der Waals surface area contributed by atoms with Crippen LogP contribution in [0.3, 0.4) is 0 Å². The summed E-state index contributed by atoms with van der Waals surface area (Å²) in [6.07, 6.45) is 79.0. The van der Waals surface area contributed by atoms with Crippen LogP contribution in [-0.4, -0.2) is 47.4 Å². The van der Waals surface area contributed by atoms with Crippen molar-refractivity contribution in [1.29, 1.82) is 0 Å². The molecule has 0 heterocycles. The minimum absolute atomic E-state index is 0.00483. The predicted octanol–water partition coefficient (Wildman–Crippen LogP) is 20.8. The highest BCUT2D eigenvalue weighted by Crippen LogP contribution is 2.17. The zero-order valence-electron chi connectivity index (χ0n) is 49.1. The summed E-state index contributed by atoms with van der Waals surface area (Å²) >= 11 is 0. The van der Waals surface area contributed by atoms with Gasteiger partial charge in [-0.3, -0.25) is 9.59 Å². The van der Waals surface area contributed by atoms with Gasteiger partial charge in [0.15, 0.2) is 0 Å². The molecule has 0 aliphatic heterocycles. The van der Waals surface area contributed by atoms with Crippen molar-refractivity contribution in [3.63, 3.8) is 0 Å². The van der Waals surface area contributed by atoms with Crippen molar-refractivity contribution in [3.05, 3.63) is 36.5 Å². The van der Waals surface area contributed by atoms with Gasteiger partial charge < -0.3 is 20.3 Å².